The Hall–Kier alpha value is -0.820. The molecule has 0 aromatic heterocycles. The van der Waals surface area contributed by atoms with Crippen LogP contribution in [-0.2, 0) is 11.2 Å². The second kappa shape index (κ2) is 5.16. The van der Waals surface area contributed by atoms with Crippen LogP contribution in [0.3, 0.4) is 0 Å². The maximum absolute atomic E-state index is 10.3. The van der Waals surface area contributed by atoms with E-state index >= 15 is 0 Å². The highest BCUT2D eigenvalue weighted by Crippen LogP contribution is 2.23. The molecule has 0 saturated carbocycles. The zero-order valence-corrected chi connectivity index (χ0v) is 9.34. The summed E-state index contributed by atoms with van der Waals surface area (Å²) in [5, 5.41) is 0.746. The molecule has 0 aliphatic heterocycles. The summed E-state index contributed by atoms with van der Waals surface area (Å²) in [6.07, 6.45) is 2.31. The molecule has 1 aromatic carbocycles. The molecule has 0 saturated heterocycles. The van der Waals surface area contributed by atoms with Gasteiger partial charge in [0, 0.05) is 11.4 Å². The predicted molar refractivity (Wildman–Crippen MR) is 59.9 cm³/mol. The van der Waals surface area contributed by atoms with Gasteiger partial charge in [-0.2, -0.15) is 0 Å². The van der Waals surface area contributed by atoms with Gasteiger partial charge in [-0.25, -0.2) is 0 Å². The van der Waals surface area contributed by atoms with E-state index in [9.17, 15) is 4.79 Å². The van der Waals surface area contributed by atoms with E-state index in [0.717, 1.165) is 17.7 Å². The van der Waals surface area contributed by atoms with Gasteiger partial charge in [0.15, 0.2) is 0 Å². The Morgan fingerprint density at radius 1 is 1.43 bits per heavy atom. The molecule has 0 unspecified atom stereocenters. The SMILES string of the molecule is CC(C)c1ccc(Cl)cc1CCC=O. The molecule has 0 heterocycles. The van der Waals surface area contributed by atoms with Crippen LogP contribution in [0.1, 0.15) is 37.3 Å². The standard InChI is InChI=1S/C12H15ClO/c1-9(2)12-6-5-11(13)8-10(12)4-3-7-14/h5-9H,3-4H2,1-2H3. The molecule has 1 rings (SSSR count). The summed E-state index contributed by atoms with van der Waals surface area (Å²) in [6, 6.07) is 5.91. The van der Waals surface area contributed by atoms with Gasteiger partial charge >= 0.3 is 0 Å². The highest BCUT2D eigenvalue weighted by molar-refractivity contribution is 6.30. The fourth-order valence-corrected chi connectivity index (χ4v) is 1.76. The van der Waals surface area contributed by atoms with Crippen molar-refractivity contribution in [3.05, 3.63) is 34.3 Å². The average Bonchev–Trinajstić information content (AvgIpc) is 2.14. The van der Waals surface area contributed by atoms with E-state index in [1.54, 1.807) is 0 Å². The Morgan fingerprint density at radius 2 is 2.14 bits per heavy atom. The lowest BCUT2D eigenvalue weighted by molar-refractivity contribution is -0.107. The van der Waals surface area contributed by atoms with Crippen molar-refractivity contribution in [2.45, 2.75) is 32.6 Å². The molecule has 76 valence electrons. The van der Waals surface area contributed by atoms with E-state index in [4.69, 9.17) is 11.6 Å². The van der Waals surface area contributed by atoms with E-state index in [2.05, 4.69) is 13.8 Å². The third-order valence-corrected chi connectivity index (χ3v) is 2.49. The lowest BCUT2D eigenvalue weighted by atomic mass is 9.95. The monoisotopic (exact) mass is 210 g/mol. The summed E-state index contributed by atoms with van der Waals surface area (Å²) >= 11 is 5.91. The molecule has 0 N–H and O–H groups in total. The van der Waals surface area contributed by atoms with Crippen molar-refractivity contribution >= 4 is 17.9 Å². The Kier molecular flexibility index (Phi) is 4.15. The molecule has 0 aliphatic carbocycles. The van der Waals surface area contributed by atoms with Crippen LogP contribution in [0, 0.1) is 0 Å². The van der Waals surface area contributed by atoms with Crippen molar-refractivity contribution in [3.63, 3.8) is 0 Å². The number of halogens is 1. The van der Waals surface area contributed by atoms with Crippen LogP contribution >= 0.6 is 11.6 Å². The Labute approximate surface area is 90.1 Å². The average molecular weight is 211 g/mol. The Balaban J connectivity index is 2.96. The van der Waals surface area contributed by atoms with Crippen molar-refractivity contribution in [3.8, 4) is 0 Å². The summed E-state index contributed by atoms with van der Waals surface area (Å²) in [4.78, 5) is 10.3. The number of carbonyl (C=O) groups excluding carboxylic acids is 1. The first kappa shape index (κ1) is 11.3. The van der Waals surface area contributed by atoms with Gasteiger partial charge in [-0.05, 0) is 35.6 Å². The first-order valence-corrected chi connectivity index (χ1v) is 5.25. The number of hydrogen-bond acceptors (Lipinski definition) is 1. The molecule has 0 aliphatic rings. The van der Waals surface area contributed by atoms with Crippen LogP contribution in [0.25, 0.3) is 0 Å². The molecule has 0 radical (unpaired) electrons. The van der Waals surface area contributed by atoms with Crippen molar-refractivity contribution in [1.29, 1.82) is 0 Å². The van der Waals surface area contributed by atoms with Gasteiger partial charge in [0.05, 0.1) is 0 Å². The van der Waals surface area contributed by atoms with Crippen LogP contribution in [0.5, 0.6) is 0 Å². The second-order valence-corrected chi connectivity index (χ2v) is 4.14. The maximum Gasteiger partial charge on any atom is 0.120 e. The maximum atomic E-state index is 10.3. The minimum atomic E-state index is 0.480. The van der Waals surface area contributed by atoms with Gasteiger partial charge in [0.2, 0.25) is 0 Å². The lowest BCUT2D eigenvalue weighted by Crippen LogP contribution is -1.97. The summed E-state index contributed by atoms with van der Waals surface area (Å²) in [7, 11) is 0. The molecule has 14 heavy (non-hydrogen) atoms. The Bertz CT molecular complexity index is 318. The predicted octanol–water partition coefficient (Wildman–Crippen LogP) is 3.59. The van der Waals surface area contributed by atoms with Crippen LogP contribution in [0.4, 0.5) is 0 Å². The minimum Gasteiger partial charge on any atom is -0.303 e. The second-order valence-electron chi connectivity index (χ2n) is 3.70. The van der Waals surface area contributed by atoms with Crippen LogP contribution < -0.4 is 0 Å². The normalized spacial score (nSPS) is 10.6. The molecule has 1 nitrogen and oxygen atoms in total. The van der Waals surface area contributed by atoms with E-state index in [0.29, 0.717) is 12.3 Å². The largest absolute Gasteiger partial charge is 0.303 e. The van der Waals surface area contributed by atoms with Gasteiger partial charge in [-0.1, -0.05) is 31.5 Å². The first-order valence-electron chi connectivity index (χ1n) is 4.87. The number of carbonyl (C=O) groups is 1. The van der Waals surface area contributed by atoms with E-state index in [1.165, 1.54) is 11.1 Å². The molecular weight excluding hydrogens is 196 g/mol. The third-order valence-electron chi connectivity index (χ3n) is 2.26. The highest BCUT2D eigenvalue weighted by atomic mass is 35.5. The van der Waals surface area contributed by atoms with E-state index in [-0.39, 0.29) is 0 Å². The summed E-state index contributed by atoms with van der Waals surface area (Å²) < 4.78 is 0. The van der Waals surface area contributed by atoms with Crippen molar-refractivity contribution in [2.24, 2.45) is 0 Å². The van der Waals surface area contributed by atoms with Crippen molar-refractivity contribution < 1.29 is 4.79 Å². The molecule has 2 heteroatoms. The third kappa shape index (κ3) is 2.85. The highest BCUT2D eigenvalue weighted by Gasteiger charge is 2.06. The fourth-order valence-electron chi connectivity index (χ4n) is 1.57. The topological polar surface area (TPSA) is 17.1 Å². The zero-order chi connectivity index (χ0) is 10.6. The molecular formula is C12H15ClO. The molecule has 0 bridgehead atoms. The van der Waals surface area contributed by atoms with Crippen LogP contribution in [0.15, 0.2) is 18.2 Å². The van der Waals surface area contributed by atoms with E-state index in [1.807, 2.05) is 18.2 Å². The zero-order valence-electron chi connectivity index (χ0n) is 8.59. The Morgan fingerprint density at radius 3 is 2.71 bits per heavy atom. The van der Waals surface area contributed by atoms with Crippen molar-refractivity contribution in [2.75, 3.05) is 0 Å². The van der Waals surface area contributed by atoms with Crippen molar-refractivity contribution in [1.82, 2.24) is 0 Å². The fraction of sp³-hybridized carbons (Fsp3) is 0.417. The molecule has 0 atom stereocenters. The molecule has 0 spiro atoms. The van der Waals surface area contributed by atoms with Gasteiger partial charge in [-0.3, -0.25) is 0 Å². The van der Waals surface area contributed by atoms with Gasteiger partial charge in [0.25, 0.3) is 0 Å². The molecule has 1 aromatic rings. The van der Waals surface area contributed by atoms with Gasteiger partial charge in [0.1, 0.15) is 6.29 Å². The lowest BCUT2D eigenvalue weighted by Gasteiger charge is -2.12. The smallest absolute Gasteiger partial charge is 0.120 e. The van der Waals surface area contributed by atoms with Crippen LogP contribution in [0.2, 0.25) is 5.02 Å². The number of rotatable bonds is 4. The summed E-state index contributed by atoms with van der Waals surface area (Å²) in [5.41, 5.74) is 2.48. The molecule has 0 amide bonds. The van der Waals surface area contributed by atoms with E-state index < -0.39 is 0 Å². The number of aryl methyl sites for hydroxylation is 1. The quantitative estimate of drug-likeness (QED) is 0.695. The van der Waals surface area contributed by atoms with Gasteiger partial charge in [-0.15, -0.1) is 0 Å². The first-order chi connectivity index (χ1) is 6.65. The minimum absolute atomic E-state index is 0.480. The number of benzene rings is 1. The van der Waals surface area contributed by atoms with Gasteiger partial charge < -0.3 is 4.79 Å². The summed E-state index contributed by atoms with van der Waals surface area (Å²) in [5.74, 6) is 0.480. The number of hydrogen-bond donors (Lipinski definition) is 0. The number of aldehydes is 1. The molecule has 0 fully saturated rings. The van der Waals surface area contributed by atoms with Crippen LogP contribution in [-0.4, -0.2) is 6.29 Å². The summed E-state index contributed by atoms with van der Waals surface area (Å²) in [6.45, 7) is 4.29.